The fraction of sp³-hybridized carbons (Fsp3) is 0.200. The van der Waals surface area contributed by atoms with Crippen LogP contribution in [0.2, 0.25) is 5.02 Å². The summed E-state index contributed by atoms with van der Waals surface area (Å²) in [4.78, 5) is 19.6. The monoisotopic (exact) mass is 434 g/mol. The summed E-state index contributed by atoms with van der Waals surface area (Å²) in [5.74, 6) is 0.191. The molecule has 2 heterocycles. The van der Waals surface area contributed by atoms with Gasteiger partial charge in [-0.05, 0) is 72.9 Å². The van der Waals surface area contributed by atoms with Crippen LogP contribution < -0.4 is 0 Å². The molecular formula is C25H20ClFN2O2. The Bertz CT molecular complexity index is 1300. The summed E-state index contributed by atoms with van der Waals surface area (Å²) in [7, 11) is 0. The number of hydrogen-bond donors (Lipinski definition) is 0. The Kier molecular flexibility index (Phi) is 4.98. The number of carbonyl (C=O) groups excluding carboxylic acids is 1. The smallest absolute Gasteiger partial charge is 0.256 e. The molecule has 1 fully saturated rings. The van der Waals surface area contributed by atoms with Crippen LogP contribution in [0.5, 0.6) is 0 Å². The molecule has 31 heavy (non-hydrogen) atoms. The van der Waals surface area contributed by atoms with Gasteiger partial charge in [-0.3, -0.25) is 4.79 Å². The summed E-state index contributed by atoms with van der Waals surface area (Å²) in [6, 6.07) is 17.6. The summed E-state index contributed by atoms with van der Waals surface area (Å²) in [6.45, 7) is 2.38. The van der Waals surface area contributed by atoms with Crippen LogP contribution in [0.4, 0.5) is 4.39 Å². The zero-order valence-corrected chi connectivity index (χ0v) is 17.7. The topological polar surface area (TPSA) is 46.3 Å². The van der Waals surface area contributed by atoms with Gasteiger partial charge in [-0.1, -0.05) is 35.9 Å². The Balaban J connectivity index is 1.47. The van der Waals surface area contributed by atoms with Crippen molar-refractivity contribution in [2.45, 2.75) is 25.8 Å². The molecular weight excluding hydrogens is 415 g/mol. The van der Waals surface area contributed by atoms with Crippen molar-refractivity contribution in [2.24, 2.45) is 0 Å². The van der Waals surface area contributed by atoms with Gasteiger partial charge in [0.25, 0.3) is 5.91 Å². The molecule has 156 valence electrons. The van der Waals surface area contributed by atoms with Crippen LogP contribution in [0.25, 0.3) is 22.2 Å². The number of benzene rings is 3. The molecule has 1 unspecified atom stereocenters. The van der Waals surface area contributed by atoms with E-state index in [1.807, 2.05) is 36.4 Å². The first kappa shape index (κ1) is 19.8. The van der Waals surface area contributed by atoms with E-state index in [9.17, 15) is 9.18 Å². The third kappa shape index (κ3) is 3.59. The van der Waals surface area contributed by atoms with Crippen LogP contribution in [0.3, 0.4) is 0 Å². The minimum Gasteiger partial charge on any atom is -0.438 e. The van der Waals surface area contributed by atoms with Gasteiger partial charge in [0, 0.05) is 6.54 Å². The second-order valence-electron chi connectivity index (χ2n) is 7.83. The van der Waals surface area contributed by atoms with Gasteiger partial charge < -0.3 is 9.32 Å². The fourth-order valence-electron chi connectivity index (χ4n) is 4.15. The summed E-state index contributed by atoms with van der Waals surface area (Å²) in [5, 5.41) is 0.440. The van der Waals surface area contributed by atoms with Crippen molar-refractivity contribution in [2.75, 3.05) is 6.54 Å². The van der Waals surface area contributed by atoms with Crippen molar-refractivity contribution < 1.29 is 13.6 Å². The number of fused-ring (bicyclic) bond motifs is 1. The Hall–Kier alpha value is -3.18. The van der Waals surface area contributed by atoms with Gasteiger partial charge >= 0.3 is 0 Å². The minimum absolute atomic E-state index is 0.113. The number of oxazole rings is 1. The third-order valence-corrected chi connectivity index (χ3v) is 6.13. The molecule has 0 N–H and O–H groups in total. The number of likely N-dealkylation sites (tertiary alicyclic amines) is 1. The summed E-state index contributed by atoms with van der Waals surface area (Å²) < 4.78 is 19.7. The normalized spacial score (nSPS) is 16.2. The molecule has 4 aromatic rings. The Labute approximate surface area is 184 Å². The number of rotatable bonds is 3. The van der Waals surface area contributed by atoms with E-state index < -0.39 is 0 Å². The van der Waals surface area contributed by atoms with Gasteiger partial charge in [-0.2, -0.15) is 0 Å². The van der Waals surface area contributed by atoms with E-state index in [0.29, 0.717) is 39.7 Å². The summed E-state index contributed by atoms with van der Waals surface area (Å²) >= 11 is 6.24. The molecule has 0 radical (unpaired) electrons. The summed E-state index contributed by atoms with van der Waals surface area (Å²) in [5.41, 5.74) is 4.31. The third-order valence-electron chi connectivity index (χ3n) is 5.80. The lowest BCUT2D eigenvalue weighted by atomic mass is 10.0. The molecule has 1 saturated heterocycles. The number of amides is 1. The predicted octanol–water partition coefficient (Wildman–Crippen LogP) is 6.57. The summed E-state index contributed by atoms with van der Waals surface area (Å²) in [6.07, 6.45) is 1.66. The molecule has 1 atom stereocenters. The van der Waals surface area contributed by atoms with E-state index >= 15 is 0 Å². The molecule has 4 nitrogen and oxygen atoms in total. The van der Waals surface area contributed by atoms with Crippen molar-refractivity contribution in [1.82, 2.24) is 9.88 Å². The maximum absolute atomic E-state index is 13.6. The van der Waals surface area contributed by atoms with Crippen LogP contribution in [0.1, 0.15) is 40.7 Å². The quantitative estimate of drug-likeness (QED) is 0.366. The SMILES string of the molecule is Cc1cc(-c2ccc3oc(C4CCCN4C(=O)c4ccccc4Cl)nc3c2)ccc1F. The van der Waals surface area contributed by atoms with E-state index in [4.69, 9.17) is 21.0 Å². The molecule has 1 amide bonds. The van der Waals surface area contributed by atoms with Crippen molar-refractivity contribution in [3.8, 4) is 11.1 Å². The van der Waals surface area contributed by atoms with E-state index in [-0.39, 0.29) is 17.8 Å². The molecule has 0 bridgehead atoms. The lowest BCUT2D eigenvalue weighted by Gasteiger charge is -2.22. The van der Waals surface area contributed by atoms with Crippen LogP contribution in [0.15, 0.2) is 65.1 Å². The maximum Gasteiger partial charge on any atom is 0.256 e. The highest BCUT2D eigenvalue weighted by molar-refractivity contribution is 6.33. The molecule has 1 aliphatic rings. The lowest BCUT2D eigenvalue weighted by molar-refractivity contribution is 0.0717. The Morgan fingerprint density at radius 1 is 1.13 bits per heavy atom. The molecule has 5 rings (SSSR count). The number of nitrogens with zero attached hydrogens (tertiary/aromatic N) is 2. The highest BCUT2D eigenvalue weighted by Crippen LogP contribution is 2.36. The maximum atomic E-state index is 13.6. The highest BCUT2D eigenvalue weighted by atomic mass is 35.5. The van der Waals surface area contributed by atoms with Crippen molar-refractivity contribution in [1.29, 1.82) is 0 Å². The number of aromatic nitrogens is 1. The van der Waals surface area contributed by atoms with Gasteiger partial charge in [0.05, 0.1) is 10.6 Å². The average molecular weight is 435 g/mol. The minimum atomic E-state index is -0.229. The second kappa shape index (κ2) is 7.82. The largest absolute Gasteiger partial charge is 0.438 e. The first-order valence-electron chi connectivity index (χ1n) is 10.2. The number of carbonyl (C=O) groups is 1. The predicted molar refractivity (Wildman–Crippen MR) is 119 cm³/mol. The van der Waals surface area contributed by atoms with Crippen molar-refractivity contribution in [3.63, 3.8) is 0 Å². The lowest BCUT2D eigenvalue weighted by Crippen LogP contribution is -2.30. The van der Waals surface area contributed by atoms with Crippen molar-refractivity contribution in [3.05, 3.63) is 88.5 Å². The number of hydrogen-bond acceptors (Lipinski definition) is 3. The molecule has 1 aliphatic heterocycles. The fourth-order valence-corrected chi connectivity index (χ4v) is 4.36. The van der Waals surface area contributed by atoms with E-state index in [0.717, 1.165) is 24.0 Å². The number of aryl methyl sites for hydroxylation is 1. The first-order chi connectivity index (χ1) is 15.0. The van der Waals surface area contributed by atoms with E-state index in [1.54, 1.807) is 30.0 Å². The highest BCUT2D eigenvalue weighted by Gasteiger charge is 2.34. The molecule has 6 heteroatoms. The standard InChI is InChI=1S/C25H20ClFN2O2/c1-15-13-16(8-10-20(15)27)17-9-11-23-21(14-17)28-24(31-23)22-7-4-12-29(22)25(30)18-5-2-3-6-19(18)26/h2-3,5-6,8-11,13-14,22H,4,7,12H2,1H3. The zero-order valence-electron chi connectivity index (χ0n) is 16.9. The van der Waals surface area contributed by atoms with Gasteiger partial charge in [0.15, 0.2) is 5.58 Å². The molecule has 0 saturated carbocycles. The Morgan fingerprint density at radius 2 is 1.90 bits per heavy atom. The van der Waals surface area contributed by atoms with Crippen molar-refractivity contribution >= 4 is 28.6 Å². The van der Waals surface area contributed by atoms with Gasteiger partial charge in [-0.15, -0.1) is 0 Å². The van der Waals surface area contributed by atoms with Gasteiger partial charge in [-0.25, -0.2) is 9.37 Å². The second-order valence-corrected chi connectivity index (χ2v) is 8.24. The molecule has 0 aliphatic carbocycles. The van der Waals surface area contributed by atoms with Crippen LogP contribution in [-0.4, -0.2) is 22.3 Å². The number of halogens is 2. The van der Waals surface area contributed by atoms with Crippen LogP contribution in [-0.2, 0) is 0 Å². The molecule has 3 aromatic carbocycles. The van der Waals surface area contributed by atoms with Gasteiger partial charge in [0.1, 0.15) is 17.4 Å². The molecule has 1 aromatic heterocycles. The van der Waals surface area contributed by atoms with E-state index in [1.165, 1.54) is 6.07 Å². The van der Waals surface area contributed by atoms with Crippen LogP contribution >= 0.6 is 11.6 Å². The zero-order chi connectivity index (χ0) is 21.5. The molecule has 0 spiro atoms. The Morgan fingerprint density at radius 3 is 2.71 bits per heavy atom. The first-order valence-corrected chi connectivity index (χ1v) is 10.6. The average Bonchev–Trinajstić information content (AvgIpc) is 3.41. The van der Waals surface area contributed by atoms with E-state index in [2.05, 4.69) is 0 Å². The van der Waals surface area contributed by atoms with Crippen LogP contribution in [0, 0.1) is 12.7 Å². The van der Waals surface area contributed by atoms with Gasteiger partial charge in [0.2, 0.25) is 5.89 Å².